The van der Waals surface area contributed by atoms with Crippen LogP contribution in [-0.4, -0.2) is 29.4 Å². The van der Waals surface area contributed by atoms with Crippen LogP contribution in [0.3, 0.4) is 0 Å². The van der Waals surface area contributed by atoms with Gasteiger partial charge in [0.2, 0.25) is 5.89 Å². The summed E-state index contributed by atoms with van der Waals surface area (Å²) in [6.07, 6.45) is 2.60. The molecule has 0 fully saturated rings. The highest BCUT2D eigenvalue weighted by Crippen LogP contribution is 2.34. The van der Waals surface area contributed by atoms with Gasteiger partial charge in [-0.05, 0) is 51.3 Å². The van der Waals surface area contributed by atoms with E-state index in [9.17, 15) is 8.42 Å². The first-order chi connectivity index (χ1) is 13.3. The van der Waals surface area contributed by atoms with Crippen LogP contribution < -0.4 is 4.72 Å². The summed E-state index contributed by atoms with van der Waals surface area (Å²) in [5.74, 6) is 0.859. The number of thioether (sulfide) groups is 1. The molecule has 2 heterocycles. The molecule has 2 aromatic heterocycles. The molecule has 0 bridgehead atoms. The number of sulfonamides is 1. The molecule has 0 saturated carbocycles. The zero-order chi connectivity index (χ0) is 20.5. The predicted molar refractivity (Wildman–Crippen MR) is 111 cm³/mol. The van der Waals surface area contributed by atoms with E-state index in [2.05, 4.69) is 14.9 Å². The summed E-state index contributed by atoms with van der Waals surface area (Å²) >= 11 is 1.60. The number of hydrogen-bond donors (Lipinski definition) is 1. The topological polar surface area (TPSA) is 90.0 Å². The van der Waals surface area contributed by atoms with Gasteiger partial charge in [0.1, 0.15) is 10.6 Å². The van der Waals surface area contributed by atoms with Crippen molar-refractivity contribution in [3.05, 3.63) is 41.4 Å². The lowest BCUT2D eigenvalue weighted by atomic mass is 10.2. The predicted octanol–water partition coefficient (Wildman–Crippen LogP) is 4.26. The molecule has 0 aliphatic heterocycles. The Morgan fingerprint density at radius 1 is 1.14 bits per heavy atom. The van der Waals surface area contributed by atoms with Crippen molar-refractivity contribution in [1.82, 2.24) is 14.8 Å². The molecule has 1 N–H and O–H groups in total. The molecule has 0 amide bonds. The second kappa shape index (κ2) is 8.00. The second-order valence-electron chi connectivity index (χ2n) is 6.32. The van der Waals surface area contributed by atoms with Crippen molar-refractivity contribution in [3.63, 3.8) is 0 Å². The fourth-order valence-electron chi connectivity index (χ4n) is 3.30. The molecule has 9 heteroatoms. The van der Waals surface area contributed by atoms with Gasteiger partial charge >= 0.3 is 0 Å². The normalized spacial score (nSPS) is 11.8. The molecule has 0 aliphatic carbocycles. The Morgan fingerprint density at radius 2 is 1.82 bits per heavy atom. The van der Waals surface area contributed by atoms with Gasteiger partial charge in [-0.25, -0.2) is 8.42 Å². The van der Waals surface area contributed by atoms with Crippen LogP contribution in [0.2, 0.25) is 0 Å². The van der Waals surface area contributed by atoms with Crippen molar-refractivity contribution in [1.29, 1.82) is 0 Å². The van der Waals surface area contributed by atoms with Gasteiger partial charge in [-0.2, -0.15) is 0 Å². The number of aryl methyl sites for hydroxylation is 1. The van der Waals surface area contributed by atoms with E-state index in [1.54, 1.807) is 37.7 Å². The molecule has 3 rings (SSSR count). The van der Waals surface area contributed by atoms with Crippen LogP contribution in [0, 0.1) is 13.8 Å². The molecule has 0 saturated heterocycles. The average molecular weight is 421 g/mol. The van der Waals surface area contributed by atoms with E-state index in [0.29, 0.717) is 47.4 Å². The van der Waals surface area contributed by atoms with Gasteiger partial charge in [-0.1, -0.05) is 6.92 Å². The van der Waals surface area contributed by atoms with Gasteiger partial charge in [-0.15, -0.1) is 22.0 Å². The maximum absolute atomic E-state index is 13.2. The number of aromatic nitrogens is 3. The molecule has 0 atom stereocenters. The summed E-state index contributed by atoms with van der Waals surface area (Å²) in [6, 6.07) is 7.29. The standard InChI is InChI=1S/C19H24N4O3S2/c1-6-16-20-21-19(26-16)17-12(3)18(13(4)23(17)7-2)28(24,25)22-14-8-10-15(27-5)11-9-14/h8-11,22H,6-7H2,1-5H3. The summed E-state index contributed by atoms with van der Waals surface area (Å²) in [5.41, 5.74) is 2.40. The molecule has 0 spiro atoms. The zero-order valence-corrected chi connectivity index (χ0v) is 18.2. The molecule has 0 unspecified atom stereocenters. The average Bonchev–Trinajstić information content (AvgIpc) is 3.23. The first kappa shape index (κ1) is 20.5. The Bertz CT molecular complexity index is 1080. The molecule has 0 aliphatic rings. The maximum atomic E-state index is 13.2. The summed E-state index contributed by atoms with van der Waals surface area (Å²) < 4.78 is 36.6. The highest BCUT2D eigenvalue weighted by atomic mass is 32.2. The Hall–Kier alpha value is -2.26. The lowest BCUT2D eigenvalue weighted by Gasteiger charge is -2.10. The SMILES string of the molecule is CCc1nnc(-c2c(C)c(S(=O)(=O)Nc3ccc(SC)cc3)c(C)n2CC)o1. The second-order valence-corrected chi connectivity index (χ2v) is 8.82. The van der Waals surface area contributed by atoms with Crippen molar-refractivity contribution in [2.75, 3.05) is 11.0 Å². The first-order valence-corrected chi connectivity index (χ1v) is 11.7. The summed E-state index contributed by atoms with van der Waals surface area (Å²) in [6.45, 7) is 8.04. The smallest absolute Gasteiger partial charge is 0.264 e. The number of hydrogen-bond acceptors (Lipinski definition) is 6. The van der Waals surface area contributed by atoms with Crippen LogP contribution in [0.25, 0.3) is 11.6 Å². The minimum atomic E-state index is -3.78. The molecule has 7 nitrogen and oxygen atoms in total. The van der Waals surface area contributed by atoms with Crippen molar-refractivity contribution >= 4 is 27.5 Å². The van der Waals surface area contributed by atoms with Crippen molar-refractivity contribution in [2.24, 2.45) is 0 Å². The minimum Gasteiger partial charge on any atom is -0.419 e. The lowest BCUT2D eigenvalue weighted by Crippen LogP contribution is -2.15. The third-order valence-corrected chi connectivity index (χ3v) is 6.99. The molecule has 3 aromatic rings. The van der Waals surface area contributed by atoms with Gasteiger partial charge in [0, 0.05) is 34.8 Å². The van der Waals surface area contributed by atoms with Crippen molar-refractivity contribution in [2.45, 2.75) is 50.5 Å². The Kier molecular flexibility index (Phi) is 5.85. The van der Waals surface area contributed by atoms with Crippen LogP contribution in [0.1, 0.15) is 31.0 Å². The molecule has 1 aromatic carbocycles. The third kappa shape index (κ3) is 3.68. The Labute approximate surface area is 169 Å². The number of anilines is 1. The molecule has 28 heavy (non-hydrogen) atoms. The van der Waals surface area contributed by atoms with Gasteiger partial charge in [0.25, 0.3) is 15.9 Å². The van der Waals surface area contributed by atoms with Crippen molar-refractivity contribution < 1.29 is 12.8 Å². The van der Waals surface area contributed by atoms with Gasteiger partial charge < -0.3 is 8.98 Å². The van der Waals surface area contributed by atoms with Crippen LogP contribution >= 0.6 is 11.8 Å². The van der Waals surface area contributed by atoms with E-state index in [0.717, 1.165) is 4.90 Å². The van der Waals surface area contributed by atoms with E-state index in [1.807, 2.05) is 36.8 Å². The minimum absolute atomic E-state index is 0.245. The van der Waals surface area contributed by atoms with E-state index in [4.69, 9.17) is 4.42 Å². The highest BCUT2D eigenvalue weighted by molar-refractivity contribution is 7.98. The fraction of sp³-hybridized carbons (Fsp3) is 0.368. The summed E-state index contributed by atoms with van der Waals surface area (Å²) in [7, 11) is -3.78. The van der Waals surface area contributed by atoms with E-state index < -0.39 is 10.0 Å². The largest absolute Gasteiger partial charge is 0.419 e. The monoisotopic (exact) mass is 420 g/mol. The number of nitrogens with one attached hydrogen (secondary N) is 1. The molecule has 150 valence electrons. The quantitative estimate of drug-likeness (QED) is 0.575. The van der Waals surface area contributed by atoms with E-state index in [-0.39, 0.29) is 4.90 Å². The van der Waals surface area contributed by atoms with E-state index >= 15 is 0 Å². The number of benzene rings is 1. The summed E-state index contributed by atoms with van der Waals surface area (Å²) in [5, 5.41) is 8.13. The van der Waals surface area contributed by atoms with Gasteiger partial charge in [0.15, 0.2) is 0 Å². The van der Waals surface area contributed by atoms with Gasteiger partial charge in [-0.3, -0.25) is 4.72 Å². The van der Waals surface area contributed by atoms with Crippen molar-refractivity contribution in [3.8, 4) is 11.6 Å². The maximum Gasteiger partial charge on any atom is 0.264 e. The molecular formula is C19H24N4O3S2. The fourth-order valence-corrected chi connectivity index (χ4v) is 5.25. The third-order valence-electron chi connectivity index (χ3n) is 4.60. The number of rotatable bonds is 7. The van der Waals surface area contributed by atoms with Crippen LogP contribution in [-0.2, 0) is 23.0 Å². The highest BCUT2D eigenvalue weighted by Gasteiger charge is 2.29. The lowest BCUT2D eigenvalue weighted by molar-refractivity contribution is 0.507. The van der Waals surface area contributed by atoms with Crippen LogP contribution in [0.4, 0.5) is 5.69 Å². The number of nitrogens with zero attached hydrogens (tertiary/aromatic N) is 3. The Balaban J connectivity index is 2.07. The van der Waals surface area contributed by atoms with Crippen LogP contribution in [0.15, 0.2) is 38.5 Å². The summed E-state index contributed by atoms with van der Waals surface area (Å²) in [4.78, 5) is 1.31. The Morgan fingerprint density at radius 3 is 2.36 bits per heavy atom. The van der Waals surface area contributed by atoms with Gasteiger partial charge in [0.05, 0.1) is 0 Å². The zero-order valence-electron chi connectivity index (χ0n) is 16.6. The van der Waals surface area contributed by atoms with Crippen LogP contribution in [0.5, 0.6) is 0 Å². The molecule has 0 radical (unpaired) electrons. The van der Waals surface area contributed by atoms with E-state index in [1.165, 1.54) is 0 Å². The first-order valence-electron chi connectivity index (χ1n) is 9.01. The molecular weight excluding hydrogens is 396 g/mol.